The molecule has 0 spiro atoms. The van der Waals surface area contributed by atoms with Gasteiger partial charge in [0, 0.05) is 16.8 Å². The number of nitrogens with zero attached hydrogens (tertiary/aromatic N) is 1. The molecule has 0 bridgehead atoms. The Kier molecular flexibility index (Phi) is 3.42. The van der Waals surface area contributed by atoms with Crippen molar-refractivity contribution in [3.8, 4) is 11.6 Å². The van der Waals surface area contributed by atoms with Crippen molar-refractivity contribution in [2.45, 2.75) is 13.3 Å². The van der Waals surface area contributed by atoms with E-state index >= 15 is 0 Å². The molecule has 0 saturated heterocycles. The summed E-state index contributed by atoms with van der Waals surface area (Å²) in [6, 6.07) is 13.0. The molecule has 0 atom stereocenters. The number of aryl methyl sites for hydroxylation is 1. The Bertz CT molecular complexity index is 468. The third-order valence-electron chi connectivity index (χ3n) is 2.18. The summed E-state index contributed by atoms with van der Waals surface area (Å²) in [6.07, 6.45) is 0.901. The monoisotopic (exact) mass is 233 g/mol. The first-order valence-electron chi connectivity index (χ1n) is 5.17. The number of ether oxygens (including phenoxy) is 1. The van der Waals surface area contributed by atoms with Gasteiger partial charge in [0.1, 0.15) is 5.75 Å². The Hall–Kier alpha value is -1.54. The Labute approximate surface area is 99.9 Å². The van der Waals surface area contributed by atoms with Gasteiger partial charge in [-0.25, -0.2) is 4.98 Å². The molecule has 2 rings (SSSR count). The van der Waals surface area contributed by atoms with Crippen LogP contribution in [0, 0.1) is 0 Å². The van der Waals surface area contributed by atoms with Crippen molar-refractivity contribution in [2.24, 2.45) is 0 Å². The summed E-state index contributed by atoms with van der Waals surface area (Å²) in [4.78, 5) is 4.35. The molecule has 0 N–H and O–H groups in total. The van der Waals surface area contributed by atoms with Crippen LogP contribution in [0.2, 0.25) is 5.02 Å². The highest BCUT2D eigenvalue weighted by Crippen LogP contribution is 2.21. The van der Waals surface area contributed by atoms with E-state index in [0.717, 1.165) is 17.9 Å². The van der Waals surface area contributed by atoms with Crippen LogP contribution >= 0.6 is 11.6 Å². The maximum atomic E-state index is 5.79. The van der Waals surface area contributed by atoms with Crippen LogP contribution in [0.5, 0.6) is 11.6 Å². The maximum absolute atomic E-state index is 5.79. The molecule has 0 fully saturated rings. The minimum Gasteiger partial charge on any atom is -0.439 e. The molecule has 1 heterocycles. The van der Waals surface area contributed by atoms with E-state index in [1.807, 2.05) is 30.3 Å². The molecule has 0 aliphatic heterocycles. The lowest BCUT2D eigenvalue weighted by Crippen LogP contribution is -1.91. The van der Waals surface area contributed by atoms with E-state index in [-0.39, 0.29) is 0 Å². The Balaban J connectivity index is 2.16. The summed E-state index contributed by atoms with van der Waals surface area (Å²) >= 11 is 5.79. The fraction of sp³-hybridized carbons (Fsp3) is 0.154. The molecule has 1 aromatic heterocycles. The lowest BCUT2D eigenvalue weighted by atomic mass is 10.3. The molecule has 1 aromatic carbocycles. The van der Waals surface area contributed by atoms with Crippen LogP contribution in [0.1, 0.15) is 12.6 Å². The van der Waals surface area contributed by atoms with E-state index in [1.54, 1.807) is 12.1 Å². The second-order valence-corrected chi connectivity index (χ2v) is 3.81. The number of pyridine rings is 1. The number of hydrogen-bond acceptors (Lipinski definition) is 2. The molecule has 0 amide bonds. The largest absolute Gasteiger partial charge is 0.439 e. The van der Waals surface area contributed by atoms with Gasteiger partial charge in [0.2, 0.25) is 5.88 Å². The molecule has 0 saturated carbocycles. The molecule has 2 nitrogen and oxygen atoms in total. The van der Waals surface area contributed by atoms with Gasteiger partial charge in [0.25, 0.3) is 0 Å². The van der Waals surface area contributed by atoms with Crippen LogP contribution in [0.3, 0.4) is 0 Å². The van der Waals surface area contributed by atoms with Crippen LogP contribution < -0.4 is 4.74 Å². The van der Waals surface area contributed by atoms with Gasteiger partial charge in [-0.05, 0) is 36.8 Å². The molecule has 0 unspecified atom stereocenters. The van der Waals surface area contributed by atoms with Crippen molar-refractivity contribution in [3.63, 3.8) is 0 Å². The van der Waals surface area contributed by atoms with Crippen molar-refractivity contribution in [2.75, 3.05) is 0 Å². The van der Waals surface area contributed by atoms with Crippen molar-refractivity contribution < 1.29 is 4.74 Å². The first kappa shape index (κ1) is 11.0. The lowest BCUT2D eigenvalue weighted by Gasteiger charge is -2.05. The average molecular weight is 234 g/mol. The summed E-state index contributed by atoms with van der Waals surface area (Å²) in [5.74, 6) is 1.35. The van der Waals surface area contributed by atoms with Crippen LogP contribution in [-0.4, -0.2) is 4.98 Å². The van der Waals surface area contributed by atoms with E-state index in [1.165, 1.54) is 0 Å². The zero-order valence-electron chi connectivity index (χ0n) is 8.98. The highest BCUT2D eigenvalue weighted by molar-refractivity contribution is 6.30. The van der Waals surface area contributed by atoms with Crippen LogP contribution in [0.25, 0.3) is 0 Å². The predicted octanol–water partition coefficient (Wildman–Crippen LogP) is 4.09. The summed E-state index contributed by atoms with van der Waals surface area (Å²) in [6.45, 7) is 2.06. The molecular formula is C13H12ClNO. The fourth-order valence-corrected chi connectivity index (χ4v) is 1.46. The molecular weight excluding hydrogens is 222 g/mol. The molecule has 16 heavy (non-hydrogen) atoms. The minimum atomic E-state index is 0.613. The van der Waals surface area contributed by atoms with Crippen molar-refractivity contribution >= 4 is 11.6 Å². The molecule has 82 valence electrons. The van der Waals surface area contributed by atoms with Crippen LogP contribution in [-0.2, 0) is 6.42 Å². The number of aromatic nitrogens is 1. The summed E-state index contributed by atoms with van der Waals surface area (Å²) in [5, 5.41) is 0.697. The smallest absolute Gasteiger partial charge is 0.219 e. The number of halogens is 1. The third kappa shape index (κ3) is 2.74. The summed E-state index contributed by atoms with van der Waals surface area (Å²) < 4.78 is 5.61. The zero-order chi connectivity index (χ0) is 11.4. The van der Waals surface area contributed by atoms with Gasteiger partial charge >= 0.3 is 0 Å². The molecule has 0 aliphatic carbocycles. The maximum Gasteiger partial charge on any atom is 0.219 e. The summed E-state index contributed by atoms with van der Waals surface area (Å²) in [7, 11) is 0. The predicted molar refractivity (Wildman–Crippen MR) is 65.1 cm³/mol. The van der Waals surface area contributed by atoms with Crippen molar-refractivity contribution in [3.05, 3.63) is 53.2 Å². The van der Waals surface area contributed by atoms with E-state index < -0.39 is 0 Å². The van der Waals surface area contributed by atoms with Crippen molar-refractivity contribution in [1.29, 1.82) is 0 Å². The molecule has 3 heteroatoms. The highest BCUT2D eigenvalue weighted by Gasteiger charge is 1.99. The standard InChI is InChI=1S/C13H12ClNO/c1-2-11-4-3-5-13(15-11)16-12-8-6-10(14)7-9-12/h3-9H,2H2,1H3. The second-order valence-electron chi connectivity index (χ2n) is 3.38. The first-order valence-corrected chi connectivity index (χ1v) is 5.55. The fourth-order valence-electron chi connectivity index (χ4n) is 1.33. The first-order chi connectivity index (χ1) is 7.78. The molecule has 0 radical (unpaired) electrons. The Morgan fingerprint density at radius 3 is 2.56 bits per heavy atom. The second kappa shape index (κ2) is 4.99. The van der Waals surface area contributed by atoms with E-state index in [0.29, 0.717) is 10.9 Å². The highest BCUT2D eigenvalue weighted by atomic mass is 35.5. The van der Waals surface area contributed by atoms with E-state index in [2.05, 4.69) is 11.9 Å². The number of hydrogen-bond donors (Lipinski definition) is 0. The lowest BCUT2D eigenvalue weighted by molar-refractivity contribution is 0.461. The van der Waals surface area contributed by atoms with Gasteiger partial charge in [-0.2, -0.15) is 0 Å². The van der Waals surface area contributed by atoms with E-state index in [4.69, 9.17) is 16.3 Å². The topological polar surface area (TPSA) is 22.1 Å². The molecule has 2 aromatic rings. The normalized spacial score (nSPS) is 10.1. The molecule has 0 aliphatic rings. The van der Waals surface area contributed by atoms with Gasteiger partial charge in [0.15, 0.2) is 0 Å². The van der Waals surface area contributed by atoms with E-state index in [9.17, 15) is 0 Å². The zero-order valence-corrected chi connectivity index (χ0v) is 9.74. The van der Waals surface area contributed by atoms with Gasteiger partial charge < -0.3 is 4.74 Å². The third-order valence-corrected chi connectivity index (χ3v) is 2.43. The van der Waals surface area contributed by atoms with Gasteiger partial charge in [-0.15, -0.1) is 0 Å². The quantitative estimate of drug-likeness (QED) is 0.797. The van der Waals surface area contributed by atoms with Crippen molar-refractivity contribution in [1.82, 2.24) is 4.98 Å². The number of benzene rings is 1. The van der Waals surface area contributed by atoms with Gasteiger partial charge in [-0.3, -0.25) is 0 Å². The van der Waals surface area contributed by atoms with Gasteiger partial charge in [0.05, 0.1) is 0 Å². The Morgan fingerprint density at radius 1 is 1.12 bits per heavy atom. The van der Waals surface area contributed by atoms with Crippen LogP contribution in [0.4, 0.5) is 0 Å². The number of rotatable bonds is 3. The average Bonchev–Trinajstić information content (AvgIpc) is 2.32. The summed E-state index contributed by atoms with van der Waals surface area (Å²) in [5.41, 5.74) is 1.02. The minimum absolute atomic E-state index is 0.613. The van der Waals surface area contributed by atoms with Crippen LogP contribution in [0.15, 0.2) is 42.5 Å². The SMILES string of the molecule is CCc1cccc(Oc2ccc(Cl)cc2)n1. The van der Waals surface area contributed by atoms with Gasteiger partial charge in [-0.1, -0.05) is 24.6 Å². The Morgan fingerprint density at radius 2 is 1.88 bits per heavy atom.